The van der Waals surface area contributed by atoms with Crippen molar-refractivity contribution in [1.82, 2.24) is 0 Å². The van der Waals surface area contributed by atoms with Crippen molar-refractivity contribution in [2.75, 3.05) is 0 Å². The van der Waals surface area contributed by atoms with Crippen LogP contribution < -0.4 is 31.8 Å². The van der Waals surface area contributed by atoms with Crippen LogP contribution in [0.15, 0.2) is 255 Å². The second-order valence-corrected chi connectivity index (χ2v) is 16.7. The van der Waals surface area contributed by atoms with Gasteiger partial charge in [-0.25, -0.2) is 6.08 Å². The number of halogens is 1. The second kappa shape index (κ2) is 28.2. The summed E-state index contributed by atoms with van der Waals surface area (Å²) in [5.41, 5.74) is 5.06. The maximum absolute atomic E-state index is 4.67. The van der Waals surface area contributed by atoms with Crippen LogP contribution in [0.3, 0.4) is 0 Å². The zero-order valence-corrected chi connectivity index (χ0v) is 37.7. The van der Waals surface area contributed by atoms with Crippen LogP contribution in [0.4, 0.5) is 0 Å². The molecule has 58 heavy (non-hydrogen) atoms. The minimum Gasteiger partial charge on any atom is -0.0622 e. The first-order valence-electron chi connectivity index (χ1n) is 18.8. The molecular weight excluding hydrogens is 936 g/mol. The van der Waals surface area contributed by atoms with Crippen LogP contribution in [0.5, 0.6) is 0 Å². The van der Waals surface area contributed by atoms with Crippen LogP contribution in [0.25, 0.3) is 12.2 Å². The molecule has 0 aliphatic heterocycles. The Bertz CT molecular complexity index is 1980. The predicted octanol–water partition coefficient (Wildman–Crippen LogP) is 12.6. The van der Waals surface area contributed by atoms with Crippen molar-refractivity contribution in [2.24, 2.45) is 0 Å². The van der Waals surface area contributed by atoms with E-state index in [1.807, 2.05) is 67.6 Å². The van der Waals surface area contributed by atoms with Gasteiger partial charge in [-0.1, -0.05) is 237 Å². The topological polar surface area (TPSA) is 0 Å². The minimum absolute atomic E-state index is 0.446. The van der Waals surface area contributed by atoms with E-state index >= 15 is 0 Å². The Kier molecular flexibility index (Phi) is 22.2. The van der Waals surface area contributed by atoms with Crippen molar-refractivity contribution in [3.63, 3.8) is 0 Å². The van der Waals surface area contributed by atoms with Crippen molar-refractivity contribution >= 4 is 69.5 Å². The van der Waals surface area contributed by atoms with Crippen LogP contribution in [0, 0.1) is 6.08 Å². The second-order valence-electron chi connectivity index (χ2n) is 12.3. The van der Waals surface area contributed by atoms with Crippen molar-refractivity contribution in [1.29, 1.82) is 0 Å². The molecule has 0 amide bonds. The van der Waals surface area contributed by atoms with Gasteiger partial charge in [0.25, 0.3) is 0 Å². The van der Waals surface area contributed by atoms with E-state index in [0.29, 0.717) is 0 Å². The van der Waals surface area contributed by atoms with Crippen LogP contribution >= 0.6 is 25.5 Å². The quantitative estimate of drug-likeness (QED) is 0.0809. The largest absolute Gasteiger partial charge is 0.0622 e. The molecule has 289 valence electrons. The molecule has 0 saturated heterocycles. The molecule has 4 heteroatoms. The van der Waals surface area contributed by atoms with Gasteiger partial charge in [0, 0.05) is 0 Å². The van der Waals surface area contributed by atoms with Gasteiger partial charge in [-0.05, 0) is 59.3 Å². The molecule has 8 aromatic carbocycles. The summed E-state index contributed by atoms with van der Waals surface area (Å²) in [5, 5.41) is 8.39. The van der Waals surface area contributed by atoms with E-state index < -0.39 is 15.8 Å². The molecule has 0 atom stereocenters. The fourth-order valence-electron chi connectivity index (χ4n) is 5.74. The summed E-state index contributed by atoms with van der Waals surface area (Å²) in [4.78, 5) is 0. The van der Waals surface area contributed by atoms with Crippen molar-refractivity contribution in [3.05, 3.63) is 272 Å². The molecule has 8 rings (SSSR count). The number of allylic oxidation sites excluding steroid dienone is 1. The Labute approximate surface area is 363 Å². The molecule has 0 N–H and O–H groups in total. The van der Waals surface area contributed by atoms with Crippen LogP contribution in [0.2, 0.25) is 0 Å². The van der Waals surface area contributed by atoms with E-state index in [1.165, 1.54) is 55.0 Å². The Morgan fingerprint density at radius 1 is 0.379 bits per heavy atom. The fraction of sp³-hybridized carbons (Fsp3) is 0.0185. The van der Waals surface area contributed by atoms with E-state index in [1.54, 1.807) is 0 Å². The Morgan fingerprint density at radius 3 is 0.793 bits per heavy atom. The maximum atomic E-state index is 4.67. The first kappa shape index (κ1) is 45.5. The van der Waals surface area contributed by atoms with Crippen LogP contribution in [-0.4, -0.2) is 0 Å². The summed E-state index contributed by atoms with van der Waals surface area (Å²) < 4.78 is 0. The molecule has 0 saturated carbocycles. The van der Waals surface area contributed by atoms with Crippen molar-refractivity contribution < 1.29 is 17.6 Å². The molecule has 0 spiro atoms. The van der Waals surface area contributed by atoms with Crippen molar-refractivity contribution in [2.45, 2.75) is 6.92 Å². The molecule has 0 bridgehead atoms. The minimum atomic E-state index is -0.446. The summed E-state index contributed by atoms with van der Waals surface area (Å²) in [7, 11) is 3.77. The summed E-state index contributed by atoms with van der Waals surface area (Å²) in [6, 6.07) is 84.8. The average Bonchev–Trinajstić information content (AvgIpc) is 3.31. The van der Waals surface area contributed by atoms with E-state index in [0.717, 1.165) is 5.56 Å². The fourth-order valence-corrected chi connectivity index (χ4v) is 10.4. The monoisotopic (exact) mass is 984 g/mol. The van der Waals surface area contributed by atoms with E-state index in [4.69, 9.17) is 0 Å². The average molecular weight is 984 g/mol. The van der Waals surface area contributed by atoms with Gasteiger partial charge in [-0.15, -0.1) is 24.8 Å². The first-order valence-corrected chi connectivity index (χ1v) is 24.6. The number of hydrogen-bond donors (Lipinski definition) is 0. The zero-order chi connectivity index (χ0) is 40.9. The standard InChI is InChI=1S/2C18H15P.C9H9.C9H8.ClH.Os/c2*1-4-10-16(11-5-1)19(17-12-6-2-7-13-17)18-14-8-3-9-15-18;2*1-2-6-9-7-4-3-5-8-9;;/h2*1-15H;3-8H,1H3;3-8H,1H2;1H;/q;;-1;;;+1/p-1. The number of hydrogen-bond acceptors (Lipinski definition) is 0. The van der Waals surface area contributed by atoms with Gasteiger partial charge in [-0.3, -0.25) is 6.08 Å². The van der Waals surface area contributed by atoms with Gasteiger partial charge in [0.1, 0.15) is 0 Å². The van der Waals surface area contributed by atoms with E-state index in [-0.39, 0.29) is 0 Å². The molecule has 8 aromatic rings. The molecule has 0 aromatic heterocycles. The van der Waals surface area contributed by atoms with Crippen LogP contribution in [0.1, 0.15) is 18.1 Å². The molecule has 0 aliphatic rings. The third-order valence-electron chi connectivity index (χ3n) is 8.27. The summed E-state index contributed by atoms with van der Waals surface area (Å²) in [5.74, 6) is 0. The maximum Gasteiger partial charge on any atom is -0.0134 e. The zero-order valence-electron chi connectivity index (χ0n) is 32.6. The van der Waals surface area contributed by atoms with Gasteiger partial charge in [-0.2, -0.15) is 5.56 Å². The van der Waals surface area contributed by atoms with Crippen LogP contribution in [-0.2, 0) is 17.6 Å². The third-order valence-corrected chi connectivity index (χ3v) is 13.2. The molecule has 0 fully saturated rings. The summed E-state index contributed by atoms with van der Waals surface area (Å²) >= 11 is 1.33. The number of benzene rings is 8. The Hall–Kier alpha value is -5.19. The van der Waals surface area contributed by atoms with Gasteiger partial charge in [0.15, 0.2) is 0 Å². The number of rotatable bonds is 8. The van der Waals surface area contributed by atoms with Crippen molar-refractivity contribution in [3.8, 4) is 0 Å². The first-order chi connectivity index (χ1) is 28.8. The van der Waals surface area contributed by atoms with E-state index in [2.05, 4.69) is 222 Å². The molecular formula is C54H47ClOsP2-. The van der Waals surface area contributed by atoms with Gasteiger partial charge < -0.3 is 0 Å². The SMILES string of the molecule is C=C=Cc1ccccc1.C[C-]=Cc1ccccc1.[Cl][Os].c1ccc(P(c2ccccc2)c2ccccc2)cc1.c1ccc(P(c2ccccc2)c2ccccc2)cc1. The van der Waals surface area contributed by atoms with Gasteiger partial charge in [0.2, 0.25) is 0 Å². The predicted molar refractivity (Wildman–Crippen MR) is 256 cm³/mol. The van der Waals surface area contributed by atoms with E-state index in [9.17, 15) is 0 Å². The molecule has 0 unspecified atom stereocenters. The smallest absolute Gasteiger partial charge is 0.0134 e. The molecule has 0 heterocycles. The Morgan fingerprint density at radius 2 is 0.586 bits per heavy atom. The molecule has 0 aliphatic carbocycles. The molecule has 0 nitrogen and oxygen atoms in total. The molecule has 0 radical (unpaired) electrons. The Balaban J connectivity index is 0.000000178. The normalized spacial score (nSPS) is 9.88. The summed E-state index contributed by atoms with van der Waals surface area (Å²) in [6.07, 6.45) is 6.76. The summed E-state index contributed by atoms with van der Waals surface area (Å²) in [6.45, 7) is 5.37. The third kappa shape index (κ3) is 16.0. The van der Waals surface area contributed by atoms with Gasteiger partial charge >= 0.3 is 27.2 Å². The van der Waals surface area contributed by atoms with Gasteiger partial charge in [0.05, 0.1) is 0 Å².